The molecule has 0 bridgehead atoms. The van der Waals surface area contributed by atoms with E-state index in [9.17, 15) is 0 Å². The highest BCUT2D eigenvalue weighted by atomic mass is 35.5. The maximum absolute atomic E-state index is 9.00. The van der Waals surface area contributed by atoms with Crippen LogP contribution in [0.4, 0.5) is 0 Å². The lowest BCUT2D eigenvalue weighted by atomic mass is 10.9. The zero-order chi connectivity index (χ0) is 12.7. The van der Waals surface area contributed by atoms with Crippen molar-refractivity contribution in [3.63, 3.8) is 0 Å². The van der Waals surface area contributed by atoms with Gasteiger partial charge >= 0.3 is 0 Å². The van der Waals surface area contributed by atoms with Crippen molar-refractivity contribution < 1.29 is 34.4 Å². The van der Waals surface area contributed by atoms with Crippen LogP contribution in [0.3, 0.4) is 0 Å². The summed E-state index contributed by atoms with van der Waals surface area (Å²) in [6.45, 7) is 3.25. The summed E-state index contributed by atoms with van der Waals surface area (Å²) in [5.74, 6) is -2.50. The zero-order valence-electron chi connectivity index (χ0n) is 7.89. The molecule has 0 aliphatic carbocycles. The van der Waals surface area contributed by atoms with Gasteiger partial charge in [0.25, 0.3) is 17.9 Å². The number of hydrogen-bond acceptors (Lipinski definition) is 4. The molecule has 0 rings (SSSR count). The van der Waals surface area contributed by atoms with Gasteiger partial charge in [0.05, 0.1) is 11.9 Å². The molecule has 0 saturated heterocycles. The molecule has 0 aromatic carbocycles. The van der Waals surface area contributed by atoms with Crippen LogP contribution < -0.4 is 0 Å². The molecule has 0 fully saturated rings. The highest BCUT2D eigenvalue weighted by Crippen LogP contribution is 1.42. The third-order valence-corrected chi connectivity index (χ3v) is 0. The lowest BCUT2D eigenvalue weighted by Crippen LogP contribution is -1.78. The van der Waals surface area contributed by atoms with E-state index in [1.165, 1.54) is 0 Å². The first kappa shape index (κ1) is 23.0. The van der Waals surface area contributed by atoms with Crippen molar-refractivity contribution in [3.05, 3.63) is 0 Å². The van der Waals surface area contributed by atoms with Gasteiger partial charge in [0, 0.05) is 20.8 Å². The summed E-state index contributed by atoms with van der Waals surface area (Å²) in [4.78, 5) is 27.0. The molecule has 0 spiro atoms. The number of aliphatic carboxylic acids is 3. The second kappa shape index (κ2) is 22.6. The van der Waals surface area contributed by atoms with Gasteiger partial charge in [0.1, 0.15) is 0 Å². The zero-order valence-corrected chi connectivity index (χ0v) is 8.65. The van der Waals surface area contributed by atoms with Crippen LogP contribution in [0.25, 0.3) is 0 Å². The fourth-order valence-corrected chi connectivity index (χ4v) is 0. The standard InChI is InChI=1S/3C2H4O2.ClHO/c3*1-2(3)4;1-2/h3*1H3,(H,3,4);2H. The largest absolute Gasteiger partial charge is 0.481 e. The van der Waals surface area contributed by atoms with Crippen LogP contribution in [-0.4, -0.2) is 37.9 Å². The van der Waals surface area contributed by atoms with Crippen LogP contribution >= 0.6 is 11.9 Å². The number of carboxylic acids is 3. The number of halogens is 1. The summed E-state index contributed by atoms with van der Waals surface area (Å²) >= 11 is 3.64. The number of carbonyl (C=O) groups is 3. The maximum Gasteiger partial charge on any atom is 0.300 e. The van der Waals surface area contributed by atoms with Crippen molar-refractivity contribution in [2.24, 2.45) is 0 Å². The summed E-state index contributed by atoms with van der Waals surface area (Å²) in [7, 11) is 0. The Labute approximate surface area is 85.7 Å². The van der Waals surface area contributed by atoms with Gasteiger partial charge in [-0.2, -0.15) is 0 Å². The van der Waals surface area contributed by atoms with E-state index in [0.29, 0.717) is 0 Å². The van der Waals surface area contributed by atoms with Gasteiger partial charge in [-0.05, 0) is 0 Å². The van der Waals surface area contributed by atoms with Crippen LogP contribution in [0.2, 0.25) is 0 Å². The summed E-state index contributed by atoms with van der Waals surface area (Å²) < 4.78 is 6.47. The smallest absolute Gasteiger partial charge is 0.300 e. The molecule has 7 nitrogen and oxygen atoms in total. The average Bonchev–Trinajstić information content (AvgIpc) is 1.86. The molecule has 4 N–H and O–H groups in total. The molecule has 0 radical (unpaired) electrons. The molecule has 0 aromatic heterocycles. The van der Waals surface area contributed by atoms with Crippen molar-refractivity contribution in [2.45, 2.75) is 20.8 Å². The van der Waals surface area contributed by atoms with Gasteiger partial charge in [0.2, 0.25) is 0 Å². The molecule has 0 amide bonds. The van der Waals surface area contributed by atoms with Crippen LogP contribution in [0, 0.1) is 0 Å². The Bertz CT molecular complexity index is 116. The van der Waals surface area contributed by atoms with E-state index < -0.39 is 17.9 Å². The number of carboxylic acid groups (broad SMARTS) is 3. The van der Waals surface area contributed by atoms with Crippen LogP contribution in [0.1, 0.15) is 20.8 Å². The number of hydrogen-bond donors (Lipinski definition) is 4. The minimum Gasteiger partial charge on any atom is -0.481 e. The van der Waals surface area contributed by atoms with Gasteiger partial charge in [-0.15, -0.1) is 0 Å². The summed E-state index contributed by atoms with van der Waals surface area (Å²) in [5.41, 5.74) is 0. The van der Waals surface area contributed by atoms with Gasteiger partial charge in [-0.3, -0.25) is 19.0 Å². The molecule has 0 heterocycles. The van der Waals surface area contributed by atoms with E-state index in [2.05, 4.69) is 11.9 Å². The summed E-state index contributed by atoms with van der Waals surface area (Å²) in [6.07, 6.45) is 0. The van der Waals surface area contributed by atoms with Crippen LogP contribution in [-0.2, 0) is 14.4 Å². The Morgan fingerprint density at radius 2 is 0.714 bits per heavy atom. The SMILES string of the molecule is CC(=O)O.CC(=O)O.CC(=O)O.OCl. The second-order valence-electron chi connectivity index (χ2n) is 1.56. The Balaban J connectivity index is -0.0000000492. The molecule has 0 unspecified atom stereocenters. The molecular formula is C6H13ClO7. The van der Waals surface area contributed by atoms with E-state index in [-0.39, 0.29) is 0 Å². The highest BCUT2D eigenvalue weighted by molar-refractivity contribution is 6.04. The normalized spacial score (nSPS) is 5.79. The van der Waals surface area contributed by atoms with E-state index in [4.69, 9.17) is 34.4 Å². The molecular weight excluding hydrogens is 220 g/mol. The topological polar surface area (TPSA) is 132 Å². The van der Waals surface area contributed by atoms with Gasteiger partial charge in [-0.25, -0.2) is 0 Å². The van der Waals surface area contributed by atoms with Crippen molar-refractivity contribution >= 4 is 29.8 Å². The molecule has 0 saturated carbocycles. The summed E-state index contributed by atoms with van der Waals surface area (Å²) in [6, 6.07) is 0. The lowest BCUT2D eigenvalue weighted by Gasteiger charge is -1.59. The second-order valence-corrected chi connectivity index (χ2v) is 1.56. The minimum atomic E-state index is -0.833. The molecule has 86 valence electrons. The fourth-order valence-electron chi connectivity index (χ4n) is 0. The Hall–Kier alpha value is -1.34. The molecule has 0 atom stereocenters. The van der Waals surface area contributed by atoms with Gasteiger partial charge in [0.15, 0.2) is 0 Å². The third-order valence-electron chi connectivity index (χ3n) is 0. The third kappa shape index (κ3) is 554. The summed E-state index contributed by atoms with van der Waals surface area (Å²) in [5, 5.41) is 22.2. The first-order chi connectivity index (χ1) is 6.20. The first-order valence-electron chi connectivity index (χ1n) is 2.95. The van der Waals surface area contributed by atoms with E-state index in [1.807, 2.05) is 0 Å². The fraction of sp³-hybridized carbons (Fsp3) is 0.500. The molecule has 8 heteroatoms. The van der Waals surface area contributed by atoms with E-state index in [1.54, 1.807) is 0 Å². The lowest BCUT2D eigenvalue weighted by molar-refractivity contribution is -0.135. The van der Waals surface area contributed by atoms with Crippen LogP contribution in [0.5, 0.6) is 0 Å². The van der Waals surface area contributed by atoms with E-state index >= 15 is 0 Å². The van der Waals surface area contributed by atoms with Gasteiger partial charge in [-0.1, -0.05) is 0 Å². The molecule has 0 aliphatic heterocycles. The number of rotatable bonds is 0. The monoisotopic (exact) mass is 232 g/mol. The quantitative estimate of drug-likeness (QED) is 0.475. The molecule has 0 aromatic rings. The van der Waals surface area contributed by atoms with Crippen molar-refractivity contribution in [2.75, 3.05) is 0 Å². The van der Waals surface area contributed by atoms with Crippen LogP contribution in [0.15, 0.2) is 0 Å². The van der Waals surface area contributed by atoms with Crippen molar-refractivity contribution in [3.8, 4) is 0 Å². The minimum absolute atomic E-state index is 0.833. The first-order valence-corrected chi connectivity index (χ1v) is 3.29. The van der Waals surface area contributed by atoms with E-state index in [0.717, 1.165) is 20.8 Å². The maximum atomic E-state index is 9.00. The van der Waals surface area contributed by atoms with Crippen molar-refractivity contribution in [1.29, 1.82) is 0 Å². The Kier molecular flexibility index (Phi) is 37.0. The Morgan fingerprint density at radius 1 is 0.714 bits per heavy atom. The average molecular weight is 233 g/mol. The molecule has 0 aliphatic rings. The highest BCUT2D eigenvalue weighted by Gasteiger charge is 1.66. The van der Waals surface area contributed by atoms with Gasteiger partial charge < -0.3 is 15.3 Å². The predicted octanol–water partition coefficient (Wildman–Crippen LogP) is 0.405. The predicted molar refractivity (Wildman–Crippen MR) is 48.0 cm³/mol. The van der Waals surface area contributed by atoms with Crippen molar-refractivity contribution in [1.82, 2.24) is 0 Å². The molecule has 14 heavy (non-hydrogen) atoms. The Morgan fingerprint density at radius 3 is 0.714 bits per heavy atom.